The molecule has 0 spiro atoms. The predicted octanol–water partition coefficient (Wildman–Crippen LogP) is 1.57. The van der Waals surface area contributed by atoms with Crippen molar-refractivity contribution in [1.29, 1.82) is 0 Å². The smallest absolute Gasteiger partial charge is 0.167 e. The number of rotatable bonds is 5. The third kappa shape index (κ3) is 3.96. The Morgan fingerprint density at radius 3 is 2.87 bits per heavy atom. The molecule has 0 unspecified atom stereocenters. The Morgan fingerprint density at radius 2 is 2.20 bits per heavy atom. The van der Waals surface area contributed by atoms with Gasteiger partial charge in [0.15, 0.2) is 11.6 Å². The maximum atomic E-state index is 13.0. The molecular weight excluding hydrogens is 200 g/mol. The standard InChI is InChI=1S/C11H11F2NO/c1-2-5-14-6-7-15-11-4-3-9(12)8-10(11)13/h1,3-4,8,14H,5-7H2. The summed E-state index contributed by atoms with van der Waals surface area (Å²) in [5.41, 5.74) is 0. The number of hydrogen-bond donors (Lipinski definition) is 1. The Bertz CT molecular complexity index is 360. The monoisotopic (exact) mass is 211 g/mol. The van der Waals surface area contributed by atoms with Crippen LogP contribution in [0.5, 0.6) is 5.75 Å². The molecule has 15 heavy (non-hydrogen) atoms. The van der Waals surface area contributed by atoms with Crippen molar-refractivity contribution in [2.45, 2.75) is 0 Å². The van der Waals surface area contributed by atoms with E-state index in [0.29, 0.717) is 13.1 Å². The van der Waals surface area contributed by atoms with Gasteiger partial charge in [0.05, 0.1) is 6.54 Å². The molecule has 0 aromatic heterocycles. The Hall–Kier alpha value is -1.60. The summed E-state index contributed by atoms with van der Waals surface area (Å²) >= 11 is 0. The van der Waals surface area contributed by atoms with Crippen molar-refractivity contribution >= 4 is 0 Å². The van der Waals surface area contributed by atoms with E-state index in [1.807, 2.05) is 0 Å². The molecule has 0 fully saturated rings. The first-order valence-corrected chi connectivity index (χ1v) is 4.46. The van der Waals surface area contributed by atoms with Crippen LogP contribution in [0.1, 0.15) is 0 Å². The van der Waals surface area contributed by atoms with Crippen LogP contribution in [0, 0.1) is 24.0 Å². The molecule has 0 aliphatic carbocycles. The molecule has 0 amide bonds. The zero-order valence-corrected chi connectivity index (χ0v) is 8.09. The van der Waals surface area contributed by atoms with E-state index in [1.165, 1.54) is 6.07 Å². The maximum absolute atomic E-state index is 13.0. The van der Waals surface area contributed by atoms with Crippen molar-refractivity contribution in [3.05, 3.63) is 29.8 Å². The van der Waals surface area contributed by atoms with Gasteiger partial charge in [-0.2, -0.15) is 0 Å². The fourth-order valence-electron chi connectivity index (χ4n) is 0.986. The topological polar surface area (TPSA) is 21.3 Å². The first-order valence-electron chi connectivity index (χ1n) is 4.46. The second-order valence-electron chi connectivity index (χ2n) is 2.80. The number of hydrogen-bond acceptors (Lipinski definition) is 2. The van der Waals surface area contributed by atoms with Crippen molar-refractivity contribution < 1.29 is 13.5 Å². The Morgan fingerprint density at radius 1 is 1.40 bits per heavy atom. The average Bonchev–Trinajstić information content (AvgIpc) is 2.20. The van der Waals surface area contributed by atoms with Crippen molar-refractivity contribution in [2.75, 3.05) is 19.7 Å². The van der Waals surface area contributed by atoms with Gasteiger partial charge < -0.3 is 10.1 Å². The van der Waals surface area contributed by atoms with Gasteiger partial charge in [0.25, 0.3) is 0 Å². The minimum absolute atomic E-state index is 0.0407. The van der Waals surface area contributed by atoms with Gasteiger partial charge in [0, 0.05) is 12.6 Å². The van der Waals surface area contributed by atoms with Crippen LogP contribution >= 0.6 is 0 Å². The highest BCUT2D eigenvalue weighted by Gasteiger charge is 2.03. The summed E-state index contributed by atoms with van der Waals surface area (Å²) < 4.78 is 30.6. The molecule has 4 heteroatoms. The van der Waals surface area contributed by atoms with Crippen LogP contribution in [0.25, 0.3) is 0 Å². The molecule has 1 aromatic carbocycles. The summed E-state index contributed by atoms with van der Waals surface area (Å²) in [5, 5.41) is 2.88. The first-order chi connectivity index (χ1) is 7.24. The van der Waals surface area contributed by atoms with Crippen LogP contribution in [0.15, 0.2) is 18.2 Å². The lowest BCUT2D eigenvalue weighted by Crippen LogP contribution is -2.21. The summed E-state index contributed by atoms with van der Waals surface area (Å²) in [5.74, 6) is 1.11. The lowest BCUT2D eigenvalue weighted by atomic mass is 10.3. The summed E-state index contributed by atoms with van der Waals surface area (Å²) in [6.07, 6.45) is 5.01. The lowest BCUT2D eigenvalue weighted by Gasteiger charge is -2.06. The zero-order chi connectivity index (χ0) is 11.1. The maximum Gasteiger partial charge on any atom is 0.167 e. The second-order valence-corrected chi connectivity index (χ2v) is 2.80. The van der Waals surface area contributed by atoms with Gasteiger partial charge in [-0.25, -0.2) is 8.78 Å². The van der Waals surface area contributed by atoms with E-state index in [-0.39, 0.29) is 12.4 Å². The third-order valence-corrected chi connectivity index (χ3v) is 1.66. The van der Waals surface area contributed by atoms with Gasteiger partial charge in [-0.15, -0.1) is 6.42 Å². The van der Waals surface area contributed by atoms with Crippen LogP contribution in [0.3, 0.4) is 0 Å². The summed E-state index contributed by atoms with van der Waals surface area (Å²) in [6, 6.07) is 3.18. The minimum atomic E-state index is -0.702. The highest BCUT2D eigenvalue weighted by molar-refractivity contribution is 5.24. The molecule has 0 radical (unpaired) electrons. The molecule has 0 saturated heterocycles. The number of ether oxygens (including phenoxy) is 1. The Balaban J connectivity index is 2.35. The molecule has 0 aliphatic heterocycles. The van der Waals surface area contributed by atoms with Crippen molar-refractivity contribution in [1.82, 2.24) is 5.32 Å². The van der Waals surface area contributed by atoms with E-state index in [2.05, 4.69) is 11.2 Å². The van der Waals surface area contributed by atoms with Crippen LogP contribution in [-0.2, 0) is 0 Å². The number of benzene rings is 1. The quantitative estimate of drug-likeness (QED) is 0.589. The highest BCUT2D eigenvalue weighted by Crippen LogP contribution is 2.16. The molecule has 1 N–H and O–H groups in total. The summed E-state index contributed by atoms with van der Waals surface area (Å²) in [6.45, 7) is 1.24. The molecular formula is C11H11F2NO. The SMILES string of the molecule is C#CCNCCOc1ccc(F)cc1F. The molecule has 1 aromatic rings. The summed E-state index contributed by atoms with van der Waals surface area (Å²) in [4.78, 5) is 0. The van der Waals surface area contributed by atoms with Gasteiger partial charge in [0.2, 0.25) is 0 Å². The van der Waals surface area contributed by atoms with Crippen LogP contribution < -0.4 is 10.1 Å². The van der Waals surface area contributed by atoms with E-state index in [0.717, 1.165) is 12.1 Å². The lowest BCUT2D eigenvalue weighted by molar-refractivity contribution is 0.300. The van der Waals surface area contributed by atoms with Gasteiger partial charge >= 0.3 is 0 Å². The summed E-state index contributed by atoms with van der Waals surface area (Å²) in [7, 11) is 0. The van der Waals surface area contributed by atoms with Gasteiger partial charge in [0.1, 0.15) is 12.4 Å². The molecule has 0 heterocycles. The zero-order valence-electron chi connectivity index (χ0n) is 8.09. The third-order valence-electron chi connectivity index (χ3n) is 1.66. The molecule has 80 valence electrons. The minimum Gasteiger partial charge on any atom is -0.489 e. The number of terminal acetylenes is 1. The largest absolute Gasteiger partial charge is 0.489 e. The number of halogens is 2. The second kappa shape index (κ2) is 5.99. The molecule has 2 nitrogen and oxygen atoms in total. The van der Waals surface area contributed by atoms with Crippen LogP contribution in [0.4, 0.5) is 8.78 Å². The van der Waals surface area contributed by atoms with Crippen molar-refractivity contribution in [2.24, 2.45) is 0 Å². The van der Waals surface area contributed by atoms with E-state index in [9.17, 15) is 8.78 Å². The Kier molecular flexibility index (Phi) is 4.58. The van der Waals surface area contributed by atoms with Gasteiger partial charge in [-0.1, -0.05) is 5.92 Å². The normalized spacial score (nSPS) is 9.67. The van der Waals surface area contributed by atoms with Gasteiger partial charge in [-0.3, -0.25) is 0 Å². The fourth-order valence-corrected chi connectivity index (χ4v) is 0.986. The highest BCUT2D eigenvalue weighted by atomic mass is 19.1. The fraction of sp³-hybridized carbons (Fsp3) is 0.273. The first kappa shape index (κ1) is 11.5. The van der Waals surface area contributed by atoms with Gasteiger partial charge in [-0.05, 0) is 12.1 Å². The van der Waals surface area contributed by atoms with E-state index in [4.69, 9.17) is 11.2 Å². The van der Waals surface area contributed by atoms with Crippen molar-refractivity contribution in [3.63, 3.8) is 0 Å². The molecule has 0 bridgehead atoms. The van der Waals surface area contributed by atoms with Crippen molar-refractivity contribution in [3.8, 4) is 18.1 Å². The predicted molar refractivity (Wildman–Crippen MR) is 53.6 cm³/mol. The average molecular weight is 211 g/mol. The van der Waals surface area contributed by atoms with Crippen LogP contribution in [-0.4, -0.2) is 19.7 Å². The van der Waals surface area contributed by atoms with Crippen LogP contribution in [0.2, 0.25) is 0 Å². The van der Waals surface area contributed by atoms with E-state index < -0.39 is 11.6 Å². The molecule has 0 atom stereocenters. The number of nitrogens with one attached hydrogen (secondary N) is 1. The van der Waals surface area contributed by atoms with E-state index >= 15 is 0 Å². The van der Waals surface area contributed by atoms with E-state index in [1.54, 1.807) is 0 Å². The molecule has 0 saturated carbocycles. The Labute approximate surface area is 87.2 Å². The molecule has 0 aliphatic rings. The molecule has 1 rings (SSSR count).